The Morgan fingerprint density at radius 2 is 1.66 bits per heavy atom. The van der Waals surface area contributed by atoms with Crippen LogP contribution in [0.5, 0.6) is 0 Å². The summed E-state index contributed by atoms with van der Waals surface area (Å²) in [6.45, 7) is 9.47. The standard InChI is InChI=1S/C41H47N9O6/c1-22-15-25-17-29(27-8-6-7-24(16-27)19-33(51)45-21-34(52)48-32(18-25)36(42)53)35(22)50-39(55)31(13-14-44-40(43)56)49-38(54)30-20-46-37(47-23(30)2)26-9-11-28(12-10-26)41(3,4)5/h6-12,15-17,20,31-32H,13-14,18-19,21H2,1-5H3,(H2,42,53)(H,45,51)(H,48,52)(H,49,54)(H,50,55)(H3,43,44,56)/t31-,32?/m0/s1. The van der Waals surface area contributed by atoms with Crippen LogP contribution >= 0.6 is 0 Å². The lowest BCUT2D eigenvalue weighted by Gasteiger charge is -2.23. The van der Waals surface area contributed by atoms with Gasteiger partial charge in [0.25, 0.3) is 5.91 Å². The Kier molecular flexibility index (Phi) is 12.5. The predicted molar refractivity (Wildman–Crippen MR) is 211 cm³/mol. The molecule has 0 spiro atoms. The van der Waals surface area contributed by atoms with Crippen molar-refractivity contribution in [3.8, 4) is 22.5 Å². The lowest BCUT2D eigenvalue weighted by molar-refractivity contribution is -0.128. The fourth-order valence-electron chi connectivity index (χ4n) is 6.36. The van der Waals surface area contributed by atoms with E-state index in [2.05, 4.69) is 57.3 Å². The van der Waals surface area contributed by atoms with Gasteiger partial charge in [-0.15, -0.1) is 0 Å². The highest BCUT2D eigenvalue weighted by molar-refractivity contribution is 6.04. The van der Waals surface area contributed by atoms with Crippen molar-refractivity contribution in [3.63, 3.8) is 0 Å². The zero-order chi connectivity index (χ0) is 40.7. The molecular formula is C41H47N9O6. The number of fused-ring (bicyclic) bond motifs is 5. The van der Waals surface area contributed by atoms with Gasteiger partial charge in [0.15, 0.2) is 5.82 Å². The largest absolute Gasteiger partial charge is 0.368 e. The first-order valence-corrected chi connectivity index (χ1v) is 18.2. The van der Waals surface area contributed by atoms with E-state index in [9.17, 15) is 28.8 Å². The summed E-state index contributed by atoms with van der Waals surface area (Å²) in [4.78, 5) is 86.0. The summed E-state index contributed by atoms with van der Waals surface area (Å²) in [6, 6.07) is 15.6. The molecule has 0 fully saturated rings. The second-order valence-corrected chi connectivity index (χ2v) is 14.8. The molecule has 5 rings (SSSR count). The molecule has 1 aliphatic heterocycles. The minimum absolute atomic E-state index is 0.0182. The van der Waals surface area contributed by atoms with Crippen LogP contribution in [-0.4, -0.2) is 70.7 Å². The van der Waals surface area contributed by atoms with E-state index in [0.717, 1.165) is 11.1 Å². The van der Waals surface area contributed by atoms with Crippen molar-refractivity contribution in [2.45, 2.75) is 71.4 Å². The second kappa shape index (κ2) is 17.2. The number of carbonyl (C=O) groups excluding carboxylic acids is 6. The van der Waals surface area contributed by atoms with E-state index in [-0.39, 0.29) is 43.3 Å². The van der Waals surface area contributed by atoms with E-state index in [1.54, 1.807) is 44.2 Å². The van der Waals surface area contributed by atoms with Crippen molar-refractivity contribution >= 4 is 41.3 Å². The minimum atomic E-state index is -1.16. The van der Waals surface area contributed by atoms with Gasteiger partial charge in [0.05, 0.1) is 29.9 Å². The van der Waals surface area contributed by atoms with Crippen molar-refractivity contribution in [1.82, 2.24) is 31.2 Å². The van der Waals surface area contributed by atoms with Crippen LogP contribution in [0.15, 0.2) is 66.9 Å². The average Bonchev–Trinajstić information content (AvgIpc) is 3.13. The van der Waals surface area contributed by atoms with E-state index in [1.807, 2.05) is 30.3 Å². The van der Waals surface area contributed by atoms with Gasteiger partial charge in [-0.2, -0.15) is 0 Å². The number of nitrogens with one attached hydrogen (secondary N) is 5. The molecule has 0 aliphatic carbocycles. The summed E-state index contributed by atoms with van der Waals surface area (Å²) in [7, 11) is 0. The molecule has 9 N–H and O–H groups in total. The third-order valence-electron chi connectivity index (χ3n) is 9.40. The predicted octanol–water partition coefficient (Wildman–Crippen LogP) is 2.71. The van der Waals surface area contributed by atoms with E-state index < -0.39 is 47.7 Å². The first kappa shape index (κ1) is 40.5. The van der Waals surface area contributed by atoms with Gasteiger partial charge in [-0.05, 0) is 59.6 Å². The van der Waals surface area contributed by atoms with Crippen molar-refractivity contribution in [3.05, 3.63) is 100 Å². The summed E-state index contributed by atoms with van der Waals surface area (Å²) >= 11 is 0. The number of primary amides is 2. The molecule has 15 nitrogen and oxygen atoms in total. The maximum Gasteiger partial charge on any atom is 0.312 e. The van der Waals surface area contributed by atoms with Crippen LogP contribution in [0.3, 0.4) is 0 Å². The zero-order valence-electron chi connectivity index (χ0n) is 32.0. The van der Waals surface area contributed by atoms with Crippen LogP contribution in [0.2, 0.25) is 0 Å². The summed E-state index contributed by atoms with van der Waals surface area (Å²) in [5.41, 5.74) is 16.9. The number of nitrogens with two attached hydrogens (primary N) is 2. The highest BCUT2D eigenvalue weighted by Gasteiger charge is 2.27. The maximum atomic E-state index is 14.1. The fraction of sp³-hybridized carbons (Fsp3) is 0.317. The van der Waals surface area contributed by atoms with Crippen LogP contribution < -0.4 is 38.1 Å². The fourth-order valence-corrected chi connectivity index (χ4v) is 6.36. The zero-order valence-corrected chi connectivity index (χ0v) is 32.0. The third kappa shape index (κ3) is 10.3. The molecule has 4 aromatic rings. The summed E-state index contributed by atoms with van der Waals surface area (Å²) < 4.78 is 0. The van der Waals surface area contributed by atoms with Gasteiger partial charge in [-0.1, -0.05) is 75.4 Å². The summed E-state index contributed by atoms with van der Waals surface area (Å²) in [6.07, 6.45) is 1.40. The Morgan fingerprint density at radius 3 is 2.32 bits per heavy atom. The molecule has 0 radical (unpaired) electrons. The van der Waals surface area contributed by atoms with E-state index in [1.165, 1.54) is 6.20 Å². The third-order valence-corrected chi connectivity index (χ3v) is 9.40. The van der Waals surface area contributed by atoms with Crippen molar-refractivity contribution in [1.29, 1.82) is 0 Å². The molecule has 292 valence electrons. The number of urea groups is 1. The van der Waals surface area contributed by atoms with Crippen LogP contribution in [0.1, 0.15) is 65.5 Å². The first-order chi connectivity index (χ1) is 26.5. The molecule has 1 unspecified atom stereocenters. The van der Waals surface area contributed by atoms with Crippen LogP contribution in [0.25, 0.3) is 22.5 Å². The van der Waals surface area contributed by atoms with Crippen molar-refractivity contribution < 1.29 is 28.8 Å². The number of aromatic nitrogens is 2. The van der Waals surface area contributed by atoms with Gasteiger partial charge in [-0.3, -0.25) is 24.0 Å². The lowest BCUT2D eigenvalue weighted by atomic mass is 9.87. The molecule has 0 saturated heterocycles. The van der Waals surface area contributed by atoms with Crippen molar-refractivity contribution in [2.24, 2.45) is 11.5 Å². The highest BCUT2D eigenvalue weighted by atomic mass is 16.2. The molecule has 2 atom stereocenters. The Morgan fingerprint density at radius 1 is 0.929 bits per heavy atom. The molecular weight excluding hydrogens is 715 g/mol. The Bertz CT molecular complexity index is 2180. The molecule has 15 heteroatoms. The van der Waals surface area contributed by atoms with Gasteiger partial charge in [0.2, 0.25) is 23.6 Å². The normalized spacial score (nSPS) is 15.0. The van der Waals surface area contributed by atoms with Crippen LogP contribution in [0, 0.1) is 13.8 Å². The van der Waals surface area contributed by atoms with E-state index >= 15 is 0 Å². The number of carbonyl (C=O) groups is 6. The van der Waals surface area contributed by atoms with Gasteiger partial charge < -0.3 is 38.1 Å². The number of aryl methyl sites for hydroxylation is 2. The number of amides is 7. The van der Waals surface area contributed by atoms with Gasteiger partial charge in [0.1, 0.15) is 12.1 Å². The average molecular weight is 762 g/mol. The Balaban J connectivity index is 1.46. The Hall–Kier alpha value is -6.64. The smallest absolute Gasteiger partial charge is 0.312 e. The number of anilines is 1. The lowest BCUT2D eigenvalue weighted by Crippen LogP contribution is -2.49. The van der Waals surface area contributed by atoms with E-state index in [0.29, 0.717) is 45.0 Å². The molecule has 2 heterocycles. The maximum absolute atomic E-state index is 14.1. The summed E-state index contributed by atoms with van der Waals surface area (Å²) in [5.74, 6) is -2.49. The molecule has 4 bridgehead atoms. The topological polar surface area (TPSA) is 240 Å². The van der Waals surface area contributed by atoms with Gasteiger partial charge >= 0.3 is 6.03 Å². The summed E-state index contributed by atoms with van der Waals surface area (Å²) in [5, 5.41) is 13.3. The van der Waals surface area contributed by atoms with Crippen molar-refractivity contribution in [2.75, 3.05) is 18.4 Å². The van der Waals surface area contributed by atoms with Crippen LogP contribution in [-0.2, 0) is 37.4 Å². The number of benzene rings is 3. The van der Waals surface area contributed by atoms with Gasteiger partial charge in [-0.25, -0.2) is 14.8 Å². The highest BCUT2D eigenvalue weighted by Crippen LogP contribution is 2.34. The number of nitrogens with zero attached hydrogens (tertiary/aromatic N) is 2. The van der Waals surface area contributed by atoms with Gasteiger partial charge in [0, 0.05) is 30.3 Å². The number of rotatable bonds is 9. The minimum Gasteiger partial charge on any atom is -0.368 e. The monoisotopic (exact) mass is 761 g/mol. The molecule has 3 aromatic carbocycles. The molecule has 56 heavy (non-hydrogen) atoms. The molecule has 1 aliphatic rings. The second-order valence-electron chi connectivity index (χ2n) is 14.8. The molecule has 1 aromatic heterocycles. The quantitative estimate of drug-likeness (QED) is 0.134. The van der Waals surface area contributed by atoms with Crippen LogP contribution in [0.4, 0.5) is 10.5 Å². The first-order valence-electron chi connectivity index (χ1n) is 18.2. The Labute approximate surface area is 324 Å². The number of hydrogen-bond acceptors (Lipinski definition) is 8. The molecule has 7 amide bonds. The number of hydrogen-bond donors (Lipinski definition) is 7. The van der Waals surface area contributed by atoms with E-state index in [4.69, 9.17) is 11.5 Å². The SMILES string of the molecule is Cc1cc2cc(c1NC(=O)[C@H](CCNC(N)=O)NC(=O)c1cnc(-c3ccc(C(C)(C)C)cc3)nc1C)-c1cccc(c1)CC(=O)NCC(=O)NC(C(N)=O)C2. The molecule has 0 saturated carbocycles.